The Morgan fingerprint density at radius 2 is 1.62 bits per heavy atom. The minimum absolute atomic E-state index is 0.00378. The molecule has 0 spiro atoms. The zero-order valence-electron chi connectivity index (χ0n) is 17.1. The maximum Gasteiger partial charge on any atom is 0.407 e. The first kappa shape index (κ1) is 21.4. The van der Waals surface area contributed by atoms with Gasteiger partial charge in [-0.25, -0.2) is 9.18 Å². The molecule has 1 aliphatic carbocycles. The van der Waals surface area contributed by atoms with Crippen LogP contribution in [0.3, 0.4) is 0 Å². The van der Waals surface area contributed by atoms with Crippen LogP contribution in [0.2, 0.25) is 0 Å². The van der Waals surface area contributed by atoms with Gasteiger partial charge in [-0.1, -0.05) is 54.6 Å². The number of phenols is 1. The Balaban J connectivity index is 1.36. The zero-order valence-corrected chi connectivity index (χ0v) is 17.1. The number of alkyl carbamates (subject to hydrolysis) is 1. The topological polar surface area (TPSA) is 95.9 Å². The summed E-state index contributed by atoms with van der Waals surface area (Å²) in [7, 11) is 0. The van der Waals surface area contributed by atoms with Crippen molar-refractivity contribution in [1.82, 2.24) is 5.32 Å². The van der Waals surface area contributed by atoms with E-state index in [4.69, 9.17) is 4.74 Å². The SMILES string of the molecule is O=C(NCC(Cc1ccc(O)c(F)c1)C(=O)O)OCC1c2ccccc2-c2ccccc21. The van der Waals surface area contributed by atoms with Gasteiger partial charge in [-0.3, -0.25) is 4.79 Å². The number of carboxylic acid groups (broad SMARTS) is 1. The highest BCUT2D eigenvalue weighted by Crippen LogP contribution is 2.44. The number of carbonyl (C=O) groups excluding carboxylic acids is 1. The maximum absolute atomic E-state index is 13.5. The van der Waals surface area contributed by atoms with E-state index in [0.717, 1.165) is 28.3 Å². The van der Waals surface area contributed by atoms with Crippen molar-refractivity contribution in [2.45, 2.75) is 12.3 Å². The van der Waals surface area contributed by atoms with Gasteiger partial charge in [0, 0.05) is 12.5 Å². The number of ether oxygens (including phenoxy) is 1. The van der Waals surface area contributed by atoms with Crippen molar-refractivity contribution in [2.24, 2.45) is 5.92 Å². The molecule has 3 aromatic rings. The van der Waals surface area contributed by atoms with Crippen molar-refractivity contribution in [3.63, 3.8) is 0 Å². The smallest absolute Gasteiger partial charge is 0.407 e. The van der Waals surface area contributed by atoms with Gasteiger partial charge >= 0.3 is 12.1 Å². The number of rotatable bonds is 7. The van der Waals surface area contributed by atoms with E-state index in [-0.39, 0.29) is 25.5 Å². The standard InChI is InChI=1S/C25H22FNO5/c26-22-12-15(9-10-23(22)28)11-16(24(29)30)13-27-25(31)32-14-21-19-7-3-1-5-17(19)18-6-2-4-8-20(18)21/h1-10,12,16,21,28H,11,13-14H2,(H,27,31)(H,29,30). The van der Waals surface area contributed by atoms with E-state index < -0.39 is 29.5 Å². The molecule has 0 saturated carbocycles. The molecular weight excluding hydrogens is 413 g/mol. The van der Waals surface area contributed by atoms with Crippen LogP contribution in [0.4, 0.5) is 9.18 Å². The predicted molar refractivity (Wildman–Crippen MR) is 116 cm³/mol. The fraction of sp³-hybridized carbons (Fsp3) is 0.200. The van der Waals surface area contributed by atoms with Crippen LogP contribution in [0.15, 0.2) is 66.7 Å². The van der Waals surface area contributed by atoms with E-state index >= 15 is 0 Å². The van der Waals surface area contributed by atoms with Crippen molar-refractivity contribution >= 4 is 12.1 Å². The summed E-state index contributed by atoms with van der Waals surface area (Å²) in [6.45, 7) is -0.0464. The van der Waals surface area contributed by atoms with Crippen LogP contribution in [0.1, 0.15) is 22.6 Å². The third-order valence-electron chi connectivity index (χ3n) is 5.68. The van der Waals surface area contributed by atoms with E-state index in [9.17, 15) is 24.2 Å². The molecule has 1 unspecified atom stereocenters. The maximum atomic E-state index is 13.5. The summed E-state index contributed by atoms with van der Waals surface area (Å²) in [5.74, 6) is -3.52. The van der Waals surface area contributed by atoms with Crippen LogP contribution in [0.25, 0.3) is 11.1 Å². The Kier molecular flexibility index (Phi) is 6.07. The van der Waals surface area contributed by atoms with Crippen molar-refractivity contribution in [3.8, 4) is 16.9 Å². The van der Waals surface area contributed by atoms with Crippen molar-refractivity contribution in [3.05, 3.63) is 89.2 Å². The third kappa shape index (κ3) is 4.42. The van der Waals surface area contributed by atoms with E-state index in [1.165, 1.54) is 12.1 Å². The lowest BCUT2D eigenvalue weighted by Crippen LogP contribution is -2.35. The average Bonchev–Trinajstić information content (AvgIpc) is 3.11. The molecule has 3 aromatic carbocycles. The number of halogens is 1. The molecule has 6 nitrogen and oxygen atoms in total. The zero-order chi connectivity index (χ0) is 22.7. The molecule has 0 radical (unpaired) electrons. The molecule has 0 aliphatic heterocycles. The Bertz CT molecular complexity index is 1120. The molecule has 7 heteroatoms. The first-order chi connectivity index (χ1) is 15.4. The number of aliphatic carboxylic acids is 1. The van der Waals surface area contributed by atoms with Gasteiger partial charge < -0.3 is 20.3 Å². The molecule has 0 bridgehead atoms. The molecular formula is C25H22FNO5. The van der Waals surface area contributed by atoms with Gasteiger partial charge in [0.1, 0.15) is 6.61 Å². The van der Waals surface area contributed by atoms with Crippen LogP contribution < -0.4 is 5.32 Å². The molecule has 0 aromatic heterocycles. The number of carbonyl (C=O) groups is 2. The number of benzene rings is 3. The number of phenolic OH excluding ortho intramolecular Hbond substituents is 1. The van der Waals surface area contributed by atoms with E-state index in [2.05, 4.69) is 5.32 Å². The van der Waals surface area contributed by atoms with E-state index in [1.54, 1.807) is 0 Å². The highest BCUT2D eigenvalue weighted by molar-refractivity contribution is 5.79. The fourth-order valence-corrected chi connectivity index (χ4v) is 4.06. The average molecular weight is 435 g/mol. The highest BCUT2D eigenvalue weighted by atomic mass is 19.1. The molecule has 4 rings (SSSR count). The Labute approximate surface area is 184 Å². The van der Waals surface area contributed by atoms with E-state index in [0.29, 0.717) is 5.56 Å². The lowest BCUT2D eigenvalue weighted by molar-refractivity contribution is -0.141. The first-order valence-corrected chi connectivity index (χ1v) is 10.2. The molecule has 0 heterocycles. The summed E-state index contributed by atoms with van der Waals surface area (Å²) >= 11 is 0. The van der Waals surface area contributed by atoms with E-state index in [1.807, 2.05) is 48.5 Å². The second-order valence-corrected chi connectivity index (χ2v) is 7.73. The second kappa shape index (κ2) is 9.09. The summed E-state index contributed by atoms with van der Waals surface area (Å²) in [5.41, 5.74) is 4.80. The van der Waals surface area contributed by atoms with Gasteiger partial charge in [-0.05, 0) is 46.4 Å². The molecule has 3 N–H and O–H groups in total. The van der Waals surface area contributed by atoms with Gasteiger partial charge in [-0.15, -0.1) is 0 Å². The van der Waals surface area contributed by atoms with Crippen LogP contribution in [0, 0.1) is 11.7 Å². The molecule has 1 amide bonds. The number of hydrogen-bond acceptors (Lipinski definition) is 4. The number of nitrogens with one attached hydrogen (secondary N) is 1. The number of amides is 1. The van der Waals surface area contributed by atoms with Crippen molar-refractivity contribution in [1.29, 1.82) is 0 Å². The summed E-state index contributed by atoms with van der Waals surface area (Å²) in [4.78, 5) is 23.9. The first-order valence-electron chi connectivity index (χ1n) is 10.2. The van der Waals surface area contributed by atoms with Crippen LogP contribution in [-0.2, 0) is 16.0 Å². The monoisotopic (exact) mass is 435 g/mol. The number of hydrogen-bond donors (Lipinski definition) is 3. The molecule has 0 fully saturated rings. The summed E-state index contributed by atoms with van der Waals surface area (Å²) < 4.78 is 18.9. The van der Waals surface area contributed by atoms with Crippen LogP contribution in [-0.4, -0.2) is 35.4 Å². The summed E-state index contributed by atoms with van der Waals surface area (Å²) in [6.07, 6.45) is -0.717. The van der Waals surface area contributed by atoms with Crippen LogP contribution >= 0.6 is 0 Å². The fourth-order valence-electron chi connectivity index (χ4n) is 4.06. The van der Waals surface area contributed by atoms with Crippen LogP contribution in [0.5, 0.6) is 5.75 Å². The second-order valence-electron chi connectivity index (χ2n) is 7.73. The molecule has 0 saturated heterocycles. The normalized spacial score (nSPS) is 13.2. The summed E-state index contributed by atoms with van der Waals surface area (Å²) in [5, 5.41) is 21.2. The Morgan fingerprint density at radius 1 is 1.00 bits per heavy atom. The third-order valence-corrected chi connectivity index (χ3v) is 5.68. The number of fused-ring (bicyclic) bond motifs is 3. The molecule has 32 heavy (non-hydrogen) atoms. The quantitative estimate of drug-likeness (QED) is 0.514. The van der Waals surface area contributed by atoms with Gasteiger partial charge in [0.25, 0.3) is 0 Å². The predicted octanol–water partition coefficient (Wildman–Crippen LogP) is 4.31. The molecule has 164 valence electrons. The molecule has 1 atom stereocenters. The Morgan fingerprint density at radius 3 is 2.22 bits per heavy atom. The van der Waals surface area contributed by atoms with Gasteiger partial charge in [-0.2, -0.15) is 0 Å². The minimum atomic E-state index is -1.13. The van der Waals surface area contributed by atoms with Crippen molar-refractivity contribution < 1.29 is 28.9 Å². The lowest BCUT2D eigenvalue weighted by atomic mass is 9.98. The highest BCUT2D eigenvalue weighted by Gasteiger charge is 2.29. The Hall–Kier alpha value is -3.87. The molecule has 1 aliphatic rings. The van der Waals surface area contributed by atoms with Crippen molar-refractivity contribution in [2.75, 3.05) is 13.2 Å². The minimum Gasteiger partial charge on any atom is -0.505 e. The lowest BCUT2D eigenvalue weighted by Gasteiger charge is -2.16. The number of aromatic hydroxyl groups is 1. The number of carboxylic acids is 1. The summed E-state index contributed by atoms with van der Waals surface area (Å²) in [6, 6.07) is 19.6. The van der Waals surface area contributed by atoms with Gasteiger partial charge in [0.15, 0.2) is 11.6 Å². The largest absolute Gasteiger partial charge is 0.505 e. The van der Waals surface area contributed by atoms with Gasteiger partial charge in [0.05, 0.1) is 5.92 Å². The van der Waals surface area contributed by atoms with Gasteiger partial charge in [0.2, 0.25) is 0 Å².